The summed E-state index contributed by atoms with van der Waals surface area (Å²) in [6.45, 7) is 0. The highest BCUT2D eigenvalue weighted by Crippen LogP contribution is 2.44. The fraction of sp³-hybridized carbons (Fsp3) is 0.0870. The van der Waals surface area contributed by atoms with E-state index in [0.717, 1.165) is 21.8 Å². The van der Waals surface area contributed by atoms with E-state index in [4.69, 9.17) is 9.47 Å². The molecule has 1 N–H and O–H groups in total. The number of fused-ring (bicyclic) bond motifs is 2. The number of hydrogen-bond acceptors (Lipinski definition) is 5. The molecule has 4 rings (SSSR count). The minimum absolute atomic E-state index is 0.0710. The zero-order valence-electron chi connectivity index (χ0n) is 15.6. The Morgan fingerprint density at radius 3 is 2.57 bits per heavy atom. The topological polar surface area (TPSA) is 47.6 Å². The third-order valence-electron chi connectivity index (χ3n) is 4.49. The summed E-state index contributed by atoms with van der Waals surface area (Å²) < 4.78 is 10.7. The maximum atomic E-state index is 12.7. The standard InChI is InChI=1S/C23H19NO3S/c1-26-20-8-5-6-15(23(20)27-2)10-12-19(25)16-11-13-22-18(14-16)24-17-7-3-4-9-21(17)28-22/h3-14,24H,1-2H3/b12-10+. The number of rotatable bonds is 5. The lowest BCUT2D eigenvalue weighted by Crippen LogP contribution is -2.02. The van der Waals surface area contributed by atoms with E-state index in [-0.39, 0.29) is 5.78 Å². The van der Waals surface area contributed by atoms with Crippen LogP contribution in [0.4, 0.5) is 11.4 Å². The summed E-state index contributed by atoms with van der Waals surface area (Å²) in [5, 5.41) is 3.41. The van der Waals surface area contributed by atoms with Gasteiger partial charge in [-0.1, -0.05) is 36.0 Å². The molecule has 4 nitrogen and oxygen atoms in total. The number of allylic oxidation sites excluding steroid dienone is 1. The molecular formula is C23H19NO3S. The minimum atomic E-state index is -0.0710. The Kier molecular flexibility index (Phi) is 5.08. The van der Waals surface area contributed by atoms with Crippen LogP contribution in [0.15, 0.2) is 76.5 Å². The summed E-state index contributed by atoms with van der Waals surface area (Å²) in [6, 6.07) is 19.4. The van der Waals surface area contributed by atoms with Crippen LogP contribution < -0.4 is 14.8 Å². The van der Waals surface area contributed by atoms with Crippen molar-refractivity contribution < 1.29 is 14.3 Å². The van der Waals surface area contributed by atoms with Gasteiger partial charge in [-0.25, -0.2) is 0 Å². The Labute approximate surface area is 168 Å². The smallest absolute Gasteiger partial charge is 0.185 e. The lowest BCUT2D eigenvalue weighted by Gasteiger charge is -2.20. The molecule has 3 aromatic rings. The van der Waals surface area contributed by atoms with Crippen LogP contribution in [0.2, 0.25) is 0 Å². The van der Waals surface area contributed by atoms with Crippen LogP contribution in [-0.4, -0.2) is 20.0 Å². The Balaban J connectivity index is 1.58. The predicted octanol–water partition coefficient (Wildman–Crippen LogP) is 5.81. The van der Waals surface area contributed by atoms with Gasteiger partial charge in [-0.3, -0.25) is 4.79 Å². The summed E-state index contributed by atoms with van der Waals surface area (Å²) in [7, 11) is 3.18. The molecule has 1 aliphatic rings. The third-order valence-corrected chi connectivity index (χ3v) is 5.64. The number of ether oxygens (including phenoxy) is 2. The molecule has 0 radical (unpaired) electrons. The van der Waals surface area contributed by atoms with Gasteiger partial charge in [-0.2, -0.15) is 0 Å². The molecule has 0 fully saturated rings. The Bertz CT molecular complexity index is 1080. The molecule has 1 aliphatic heterocycles. The van der Waals surface area contributed by atoms with Gasteiger partial charge in [0.25, 0.3) is 0 Å². The van der Waals surface area contributed by atoms with Gasteiger partial charge in [0.1, 0.15) is 0 Å². The van der Waals surface area contributed by atoms with E-state index in [2.05, 4.69) is 11.4 Å². The van der Waals surface area contributed by atoms with E-state index in [1.165, 1.54) is 4.90 Å². The highest BCUT2D eigenvalue weighted by Gasteiger charge is 2.16. The number of ketones is 1. The average Bonchev–Trinajstić information content (AvgIpc) is 2.75. The maximum absolute atomic E-state index is 12.7. The van der Waals surface area contributed by atoms with E-state index < -0.39 is 0 Å². The number of hydrogen-bond donors (Lipinski definition) is 1. The lowest BCUT2D eigenvalue weighted by molar-refractivity contribution is 0.104. The number of benzene rings is 3. The SMILES string of the molecule is COc1cccc(/C=C/C(=O)c2ccc3c(c2)Nc2ccccc2S3)c1OC. The molecule has 0 amide bonds. The van der Waals surface area contributed by atoms with Gasteiger partial charge in [-0.05, 0) is 48.6 Å². The number of carbonyl (C=O) groups is 1. The normalized spacial score (nSPS) is 12.1. The van der Waals surface area contributed by atoms with Gasteiger partial charge in [0, 0.05) is 20.9 Å². The van der Waals surface area contributed by atoms with E-state index in [9.17, 15) is 4.79 Å². The largest absolute Gasteiger partial charge is 0.493 e. The second-order valence-electron chi connectivity index (χ2n) is 6.21. The first-order valence-electron chi connectivity index (χ1n) is 8.81. The van der Waals surface area contributed by atoms with Crippen molar-refractivity contribution >= 4 is 35.0 Å². The van der Waals surface area contributed by atoms with E-state index >= 15 is 0 Å². The monoisotopic (exact) mass is 389 g/mol. The van der Waals surface area contributed by atoms with Crippen molar-refractivity contribution in [1.82, 2.24) is 0 Å². The number of nitrogens with one attached hydrogen (secondary N) is 1. The molecule has 0 saturated carbocycles. The number of methoxy groups -OCH3 is 2. The summed E-state index contributed by atoms with van der Waals surface area (Å²) in [5.74, 6) is 1.17. The second kappa shape index (κ2) is 7.82. The summed E-state index contributed by atoms with van der Waals surface area (Å²) in [4.78, 5) is 15.0. The Hall–Kier alpha value is -3.18. The molecule has 0 aliphatic carbocycles. The first-order valence-corrected chi connectivity index (χ1v) is 9.62. The molecule has 0 spiro atoms. The fourth-order valence-electron chi connectivity index (χ4n) is 3.10. The molecular weight excluding hydrogens is 370 g/mol. The molecule has 1 heterocycles. The van der Waals surface area contributed by atoms with E-state index in [0.29, 0.717) is 17.1 Å². The summed E-state index contributed by atoms with van der Waals surface area (Å²) >= 11 is 1.70. The van der Waals surface area contributed by atoms with Crippen molar-refractivity contribution in [1.29, 1.82) is 0 Å². The minimum Gasteiger partial charge on any atom is -0.493 e. The molecule has 0 aromatic heterocycles. The summed E-state index contributed by atoms with van der Waals surface area (Å²) in [5.41, 5.74) is 3.42. The molecule has 0 unspecified atom stereocenters. The molecule has 0 atom stereocenters. The van der Waals surface area contributed by atoms with Gasteiger partial charge < -0.3 is 14.8 Å². The lowest BCUT2D eigenvalue weighted by atomic mass is 10.1. The third kappa shape index (κ3) is 3.49. The van der Waals surface area contributed by atoms with Crippen molar-refractivity contribution in [2.75, 3.05) is 19.5 Å². The molecule has 28 heavy (non-hydrogen) atoms. The summed E-state index contributed by atoms with van der Waals surface area (Å²) in [6.07, 6.45) is 3.31. The fourth-order valence-corrected chi connectivity index (χ4v) is 4.07. The Morgan fingerprint density at radius 2 is 1.75 bits per heavy atom. The van der Waals surface area contributed by atoms with Gasteiger partial charge in [0.2, 0.25) is 0 Å². The molecule has 3 aromatic carbocycles. The quantitative estimate of drug-likeness (QED) is 0.345. The zero-order chi connectivity index (χ0) is 19.5. The van der Waals surface area contributed by atoms with Crippen molar-refractivity contribution in [3.8, 4) is 11.5 Å². The first-order chi connectivity index (χ1) is 13.7. The molecule has 5 heteroatoms. The van der Waals surface area contributed by atoms with Crippen LogP contribution in [0, 0.1) is 0 Å². The average molecular weight is 389 g/mol. The first kappa shape index (κ1) is 18.2. The van der Waals surface area contributed by atoms with Crippen LogP contribution in [0.1, 0.15) is 15.9 Å². The zero-order valence-corrected chi connectivity index (χ0v) is 16.4. The number of para-hydroxylation sites is 2. The van der Waals surface area contributed by atoms with Crippen molar-refractivity contribution in [3.05, 3.63) is 77.9 Å². The maximum Gasteiger partial charge on any atom is 0.185 e. The van der Waals surface area contributed by atoms with Gasteiger partial charge in [-0.15, -0.1) is 0 Å². The molecule has 140 valence electrons. The van der Waals surface area contributed by atoms with Gasteiger partial charge in [0.05, 0.1) is 25.6 Å². The molecule has 0 bridgehead atoms. The number of carbonyl (C=O) groups excluding carboxylic acids is 1. The van der Waals surface area contributed by atoms with Crippen LogP contribution in [0.25, 0.3) is 6.08 Å². The van der Waals surface area contributed by atoms with Gasteiger partial charge >= 0.3 is 0 Å². The predicted molar refractivity (Wildman–Crippen MR) is 113 cm³/mol. The van der Waals surface area contributed by atoms with Gasteiger partial charge in [0.15, 0.2) is 17.3 Å². The van der Waals surface area contributed by atoms with Crippen LogP contribution in [-0.2, 0) is 0 Å². The highest BCUT2D eigenvalue weighted by atomic mass is 32.2. The van der Waals surface area contributed by atoms with Crippen molar-refractivity contribution in [3.63, 3.8) is 0 Å². The van der Waals surface area contributed by atoms with Crippen LogP contribution >= 0.6 is 11.8 Å². The highest BCUT2D eigenvalue weighted by molar-refractivity contribution is 7.99. The number of anilines is 2. The Morgan fingerprint density at radius 1 is 0.929 bits per heavy atom. The van der Waals surface area contributed by atoms with Crippen molar-refractivity contribution in [2.45, 2.75) is 9.79 Å². The van der Waals surface area contributed by atoms with Crippen LogP contribution in [0.5, 0.6) is 11.5 Å². The van der Waals surface area contributed by atoms with Crippen LogP contribution in [0.3, 0.4) is 0 Å². The van der Waals surface area contributed by atoms with Crippen molar-refractivity contribution in [2.24, 2.45) is 0 Å². The van der Waals surface area contributed by atoms with E-state index in [1.54, 1.807) is 38.1 Å². The second-order valence-corrected chi connectivity index (χ2v) is 7.30. The molecule has 0 saturated heterocycles. The van der Waals surface area contributed by atoms with E-state index in [1.807, 2.05) is 54.6 Å².